The molecule has 0 unspecified atom stereocenters. The predicted molar refractivity (Wildman–Crippen MR) is 87.7 cm³/mol. The molecule has 2 aliphatic rings. The van der Waals surface area contributed by atoms with Gasteiger partial charge in [0.15, 0.2) is 0 Å². The van der Waals surface area contributed by atoms with Crippen LogP contribution in [-0.4, -0.2) is 18.1 Å². The van der Waals surface area contributed by atoms with Gasteiger partial charge < -0.3 is 0 Å². The normalized spacial score (nSPS) is 17.9. The molecular formula is C19H19FN2. The number of piperidine rings is 1. The Morgan fingerprint density at radius 1 is 0.818 bits per heavy atom. The number of allylic oxidation sites excluding steroid dienone is 1. The van der Waals surface area contributed by atoms with E-state index in [1.807, 2.05) is 18.2 Å². The fraction of sp³-hybridized carbons (Fsp3) is 0.263. The Morgan fingerprint density at radius 3 is 2.41 bits per heavy atom. The van der Waals surface area contributed by atoms with E-state index >= 15 is 0 Å². The van der Waals surface area contributed by atoms with Gasteiger partial charge in [0.2, 0.25) is 0 Å². The molecule has 0 atom stereocenters. The summed E-state index contributed by atoms with van der Waals surface area (Å²) < 4.78 is 14.3. The van der Waals surface area contributed by atoms with E-state index in [9.17, 15) is 4.39 Å². The van der Waals surface area contributed by atoms with Crippen LogP contribution in [0.4, 0.5) is 10.1 Å². The van der Waals surface area contributed by atoms with E-state index in [4.69, 9.17) is 0 Å². The largest absolute Gasteiger partial charge is 0.289 e. The van der Waals surface area contributed by atoms with Crippen LogP contribution < -0.4 is 5.01 Å². The molecule has 2 aromatic rings. The van der Waals surface area contributed by atoms with Gasteiger partial charge in [0.25, 0.3) is 0 Å². The molecule has 0 amide bonds. The number of anilines is 1. The first-order valence-corrected chi connectivity index (χ1v) is 7.91. The van der Waals surface area contributed by atoms with Crippen molar-refractivity contribution >= 4 is 11.3 Å². The van der Waals surface area contributed by atoms with E-state index in [1.54, 1.807) is 12.1 Å². The second kappa shape index (κ2) is 5.48. The lowest BCUT2D eigenvalue weighted by molar-refractivity contribution is 0.294. The highest BCUT2D eigenvalue weighted by Crippen LogP contribution is 2.39. The Kier molecular flexibility index (Phi) is 3.34. The molecule has 0 aliphatic carbocycles. The second-order valence-corrected chi connectivity index (χ2v) is 5.88. The van der Waals surface area contributed by atoms with Crippen molar-refractivity contribution in [1.82, 2.24) is 5.01 Å². The molecule has 0 radical (unpaired) electrons. The van der Waals surface area contributed by atoms with E-state index in [1.165, 1.54) is 24.2 Å². The monoisotopic (exact) mass is 294 g/mol. The van der Waals surface area contributed by atoms with Gasteiger partial charge in [0.1, 0.15) is 5.82 Å². The Bertz CT molecular complexity index is 708. The standard InChI is InChI=1S/C19H19FN2/c20-18-11-5-4-10-16(18)17-14-22(15-8-2-1-3-9-15)21-13-7-6-12-19(17)21/h1-5,8-11H,6-7,12-14H2. The maximum absolute atomic E-state index is 14.3. The molecule has 0 saturated carbocycles. The Balaban J connectivity index is 1.77. The summed E-state index contributed by atoms with van der Waals surface area (Å²) in [5, 5.41) is 4.64. The molecule has 112 valence electrons. The lowest BCUT2D eigenvalue weighted by Gasteiger charge is -2.36. The lowest BCUT2D eigenvalue weighted by atomic mass is 9.99. The van der Waals surface area contributed by atoms with Gasteiger partial charge in [0.05, 0.1) is 12.2 Å². The molecule has 4 rings (SSSR count). The molecule has 3 heteroatoms. The number of nitrogens with zero attached hydrogens (tertiary/aromatic N) is 2. The average Bonchev–Trinajstić information content (AvgIpc) is 2.96. The second-order valence-electron chi connectivity index (χ2n) is 5.88. The SMILES string of the molecule is Fc1ccccc1C1=C2CCCCN2N(c2ccccc2)C1. The van der Waals surface area contributed by atoms with Crippen LogP contribution in [0.3, 0.4) is 0 Å². The van der Waals surface area contributed by atoms with E-state index in [-0.39, 0.29) is 5.82 Å². The fourth-order valence-electron chi connectivity index (χ4n) is 3.49. The fourth-order valence-corrected chi connectivity index (χ4v) is 3.49. The molecule has 2 aromatic carbocycles. The predicted octanol–water partition coefficient (Wildman–Crippen LogP) is 4.46. The van der Waals surface area contributed by atoms with Gasteiger partial charge >= 0.3 is 0 Å². The minimum Gasteiger partial charge on any atom is -0.289 e. The van der Waals surface area contributed by atoms with E-state index < -0.39 is 0 Å². The highest BCUT2D eigenvalue weighted by molar-refractivity contribution is 5.76. The van der Waals surface area contributed by atoms with Crippen LogP contribution in [0.1, 0.15) is 24.8 Å². The van der Waals surface area contributed by atoms with Crippen LogP contribution in [0, 0.1) is 5.82 Å². The maximum atomic E-state index is 14.3. The van der Waals surface area contributed by atoms with Crippen molar-refractivity contribution in [2.75, 3.05) is 18.1 Å². The Hall–Kier alpha value is -2.29. The molecule has 2 heterocycles. The third-order valence-electron chi connectivity index (χ3n) is 4.55. The summed E-state index contributed by atoms with van der Waals surface area (Å²) in [6.45, 7) is 1.77. The lowest BCUT2D eigenvalue weighted by Crippen LogP contribution is -2.39. The summed E-state index contributed by atoms with van der Waals surface area (Å²) in [5.74, 6) is -0.120. The molecule has 1 saturated heterocycles. The quantitative estimate of drug-likeness (QED) is 0.807. The van der Waals surface area contributed by atoms with Crippen molar-refractivity contribution in [2.24, 2.45) is 0 Å². The number of hydrazine groups is 1. The number of benzene rings is 2. The summed E-state index contributed by atoms with van der Waals surface area (Å²) in [6, 6.07) is 17.5. The van der Waals surface area contributed by atoms with Crippen molar-refractivity contribution in [2.45, 2.75) is 19.3 Å². The highest BCUT2D eigenvalue weighted by Gasteiger charge is 2.33. The van der Waals surface area contributed by atoms with Gasteiger partial charge in [-0.05, 0) is 37.5 Å². The van der Waals surface area contributed by atoms with Crippen LogP contribution in [0.15, 0.2) is 60.3 Å². The van der Waals surface area contributed by atoms with Crippen LogP contribution in [0.25, 0.3) is 5.57 Å². The molecule has 2 nitrogen and oxygen atoms in total. The minimum atomic E-state index is -0.120. The van der Waals surface area contributed by atoms with Crippen LogP contribution in [0.2, 0.25) is 0 Å². The molecule has 2 aliphatic heterocycles. The topological polar surface area (TPSA) is 6.48 Å². The summed E-state index contributed by atoms with van der Waals surface area (Å²) in [5.41, 5.74) is 4.36. The molecular weight excluding hydrogens is 275 g/mol. The van der Waals surface area contributed by atoms with E-state index in [0.717, 1.165) is 30.6 Å². The summed E-state index contributed by atoms with van der Waals surface area (Å²) in [6.07, 6.45) is 3.41. The van der Waals surface area contributed by atoms with E-state index in [2.05, 4.69) is 34.3 Å². The van der Waals surface area contributed by atoms with Gasteiger partial charge in [-0.15, -0.1) is 0 Å². The van der Waals surface area contributed by atoms with Gasteiger partial charge in [-0.25, -0.2) is 4.39 Å². The van der Waals surface area contributed by atoms with Crippen molar-refractivity contribution in [3.63, 3.8) is 0 Å². The number of hydrogen-bond acceptors (Lipinski definition) is 2. The van der Waals surface area contributed by atoms with Crippen molar-refractivity contribution in [1.29, 1.82) is 0 Å². The zero-order valence-electron chi connectivity index (χ0n) is 12.5. The molecule has 22 heavy (non-hydrogen) atoms. The van der Waals surface area contributed by atoms with Crippen LogP contribution >= 0.6 is 0 Å². The first kappa shape index (κ1) is 13.4. The average molecular weight is 294 g/mol. The Labute approximate surface area is 130 Å². The van der Waals surface area contributed by atoms with Gasteiger partial charge in [-0.1, -0.05) is 36.4 Å². The van der Waals surface area contributed by atoms with Crippen molar-refractivity contribution < 1.29 is 4.39 Å². The summed E-state index contributed by atoms with van der Waals surface area (Å²) in [7, 11) is 0. The number of hydrogen-bond donors (Lipinski definition) is 0. The number of para-hydroxylation sites is 1. The van der Waals surface area contributed by atoms with Crippen LogP contribution in [0.5, 0.6) is 0 Å². The Morgan fingerprint density at radius 2 is 1.59 bits per heavy atom. The molecule has 0 bridgehead atoms. The first-order chi connectivity index (χ1) is 10.8. The van der Waals surface area contributed by atoms with Gasteiger partial charge in [0, 0.05) is 23.4 Å². The molecule has 0 N–H and O–H groups in total. The smallest absolute Gasteiger partial charge is 0.130 e. The highest BCUT2D eigenvalue weighted by atomic mass is 19.1. The number of halogens is 1. The van der Waals surface area contributed by atoms with Crippen molar-refractivity contribution in [3.05, 3.63) is 71.7 Å². The number of rotatable bonds is 2. The molecule has 0 spiro atoms. The minimum absolute atomic E-state index is 0.120. The van der Waals surface area contributed by atoms with E-state index in [0.29, 0.717) is 0 Å². The van der Waals surface area contributed by atoms with Gasteiger partial charge in [-0.2, -0.15) is 0 Å². The summed E-state index contributed by atoms with van der Waals surface area (Å²) >= 11 is 0. The zero-order valence-corrected chi connectivity index (χ0v) is 12.5. The van der Waals surface area contributed by atoms with Crippen molar-refractivity contribution in [3.8, 4) is 0 Å². The molecule has 0 aromatic heterocycles. The summed E-state index contributed by atoms with van der Waals surface area (Å²) in [4.78, 5) is 0. The first-order valence-electron chi connectivity index (χ1n) is 7.91. The third kappa shape index (κ3) is 2.17. The van der Waals surface area contributed by atoms with Gasteiger partial charge in [-0.3, -0.25) is 10.0 Å². The zero-order chi connectivity index (χ0) is 14.9. The van der Waals surface area contributed by atoms with Crippen LogP contribution in [-0.2, 0) is 0 Å². The molecule has 1 fully saturated rings. The maximum Gasteiger partial charge on any atom is 0.130 e. The third-order valence-corrected chi connectivity index (χ3v) is 4.55. The number of fused-ring (bicyclic) bond motifs is 1.